The zero-order chi connectivity index (χ0) is 21.7. The second kappa shape index (κ2) is 9.85. The van der Waals surface area contributed by atoms with Crippen molar-refractivity contribution in [3.05, 3.63) is 24.5 Å². The zero-order valence-electron chi connectivity index (χ0n) is 18.5. The minimum absolute atomic E-state index is 0.00281. The third-order valence-corrected chi connectivity index (χ3v) is 7.02. The topological polar surface area (TPSA) is 75.2 Å². The summed E-state index contributed by atoms with van der Waals surface area (Å²) < 4.78 is 10.5. The number of nitrogens with zero attached hydrogens (tertiary/aromatic N) is 4. The molecule has 3 aliphatic heterocycles. The maximum atomic E-state index is 13.0. The van der Waals surface area contributed by atoms with E-state index < -0.39 is 0 Å². The van der Waals surface area contributed by atoms with E-state index in [2.05, 4.69) is 22.0 Å². The van der Waals surface area contributed by atoms with Crippen molar-refractivity contribution in [2.24, 2.45) is 5.41 Å². The van der Waals surface area contributed by atoms with Gasteiger partial charge in [-0.15, -0.1) is 0 Å². The van der Waals surface area contributed by atoms with Crippen LogP contribution in [-0.2, 0) is 14.3 Å². The summed E-state index contributed by atoms with van der Waals surface area (Å²) in [4.78, 5) is 35.0. The lowest BCUT2D eigenvalue weighted by molar-refractivity contribution is -0.151. The Labute approximate surface area is 184 Å². The van der Waals surface area contributed by atoms with Crippen LogP contribution in [0.3, 0.4) is 0 Å². The lowest BCUT2D eigenvalue weighted by Gasteiger charge is -2.42. The van der Waals surface area contributed by atoms with Crippen LogP contribution in [-0.4, -0.2) is 85.4 Å². The molecule has 170 valence electrons. The highest BCUT2D eigenvalue weighted by Gasteiger charge is 2.42. The number of hydrogen-bond acceptors (Lipinski definition) is 6. The Hall–Kier alpha value is -2.35. The average Bonchev–Trinajstić information content (AvgIpc) is 3.22. The summed E-state index contributed by atoms with van der Waals surface area (Å²) in [6.45, 7) is 7.34. The van der Waals surface area contributed by atoms with Gasteiger partial charge >= 0.3 is 12.0 Å². The van der Waals surface area contributed by atoms with Gasteiger partial charge in [0.15, 0.2) is 0 Å². The smallest absolute Gasteiger partial charge is 0.332 e. The molecular weight excluding hydrogens is 396 g/mol. The van der Waals surface area contributed by atoms with Crippen molar-refractivity contribution in [3.63, 3.8) is 0 Å². The number of likely N-dealkylation sites (tertiary alicyclic amines) is 2. The highest BCUT2D eigenvalue weighted by Crippen LogP contribution is 2.42. The summed E-state index contributed by atoms with van der Waals surface area (Å²) >= 11 is 0. The van der Waals surface area contributed by atoms with Gasteiger partial charge in [-0.05, 0) is 56.6 Å². The molecule has 1 aromatic heterocycles. The number of ether oxygens (including phenoxy) is 2. The van der Waals surface area contributed by atoms with Gasteiger partial charge in [0.05, 0.1) is 12.7 Å². The third-order valence-electron chi connectivity index (χ3n) is 7.02. The second-order valence-corrected chi connectivity index (χ2v) is 8.95. The van der Waals surface area contributed by atoms with Crippen molar-refractivity contribution < 1.29 is 19.1 Å². The van der Waals surface area contributed by atoms with E-state index in [4.69, 9.17) is 9.47 Å². The van der Waals surface area contributed by atoms with Gasteiger partial charge in [0, 0.05) is 57.3 Å². The Bertz CT molecular complexity index is 743. The van der Waals surface area contributed by atoms with Crippen molar-refractivity contribution in [1.29, 1.82) is 0 Å². The molecule has 4 rings (SSSR count). The molecule has 31 heavy (non-hydrogen) atoms. The molecule has 0 unspecified atom stereocenters. The van der Waals surface area contributed by atoms with Crippen LogP contribution in [0.25, 0.3) is 0 Å². The quantitative estimate of drug-likeness (QED) is 0.669. The van der Waals surface area contributed by atoms with Crippen LogP contribution in [0.4, 0.5) is 10.5 Å². The largest absolute Gasteiger partial charge is 0.464 e. The number of aromatic nitrogens is 1. The van der Waals surface area contributed by atoms with Crippen LogP contribution in [0.2, 0.25) is 0 Å². The Morgan fingerprint density at radius 2 is 1.68 bits per heavy atom. The lowest BCUT2D eigenvalue weighted by Crippen LogP contribution is -2.52. The first-order valence-corrected chi connectivity index (χ1v) is 11.5. The fourth-order valence-electron chi connectivity index (χ4n) is 5.09. The minimum Gasteiger partial charge on any atom is -0.464 e. The Morgan fingerprint density at radius 3 is 2.35 bits per heavy atom. The average molecular weight is 431 g/mol. The fourth-order valence-corrected chi connectivity index (χ4v) is 5.09. The highest BCUT2D eigenvalue weighted by molar-refractivity contribution is 5.74. The number of carbonyl (C=O) groups is 2. The predicted molar refractivity (Wildman–Crippen MR) is 117 cm³/mol. The van der Waals surface area contributed by atoms with E-state index in [-0.39, 0.29) is 24.7 Å². The number of hydrogen-bond donors (Lipinski definition) is 0. The molecule has 2 amide bonds. The SMILES string of the molecule is CCOC(=O)COC1CCN(C(=O)N2CCC3(CC2)CCN(c2ccncc2)C3)CC1. The first-order chi connectivity index (χ1) is 15.1. The summed E-state index contributed by atoms with van der Waals surface area (Å²) in [7, 11) is 0. The number of carbonyl (C=O) groups excluding carboxylic acids is 2. The van der Waals surface area contributed by atoms with Gasteiger partial charge in [-0.3, -0.25) is 4.98 Å². The number of urea groups is 1. The molecule has 8 nitrogen and oxygen atoms in total. The van der Waals surface area contributed by atoms with E-state index in [0.717, 1.165) is 51.9 Å². The Balaban J connectivity index is 1.20. The summed E-state index contributed by atoms with van der Waals surface area (Å²) in [5.74, 6) is -0.322. The molecule has 0 atom stereocenters. The summed E-state index contributed by atoms with van der Waals surface area (Å²) in [5.41, 5.74) is 1.58. The Kier molecular flexibility index (Phi) is 6.95. The molecule has 1 spiro atoms. The minimum atomic E-state index is -0.322. The number of amides is 2. The molecule has 4 heterocycles. The van der Waals surface area contributed by atoms with E-state index in [0.29, 0.717) is 25.1 Å². The molecule has 0 aliphatic carbocycles. The molecule has 3 saturated heterocycles. The van der Waals surface area contributed by atoms with E-state index in [1.54, 1.807) is 6.92 Å². The van der Waals surface area contributed by atoms with Gasteiger partial charge in [-0.1, -0.05) is 0 Å². The van der Waals surface area contributed by atoms with Gasteiger partial charge in [-0.2, -0.15) is 0 Å². The summed E-state index contributed by atoms with van der Waals surface area (Å²) in [6.07, 6.45) is 8.60. The van der Waals surface area contributed by atoms with Crippen LogP contribution in [0.5, 0.6) is 0 Å². The van der Waals surface area contributed by atoms with Crippen molar-refractivity contribution >= 4 is 17.7 Å². The molecule has 1 aromatic rings. The molecular formula is C23H34N4O4. The Morgan fingerprint density at radius 1 is 1.03 bits per heavy atom. The van der Waals surface area contributed by atoms with Crippen LogP contribution in [0, 0.1) is 5.41 Å². The van der Waals surface area contributed by atoms with Gasteiger partial charge in [0.1, 0.15) is 6.61 Å². The third kappa shape index (κ3) is 5.29. The van der Waals surface area contributed by atoms with Crippen molar-refractivity contribution in [2.75, 3.05) is 57.4 Å². The number of esters is 1. The second-order valence-electron chi connectivity index (χ2n) is 8.95. The van der Waals surface area contributed by atoms with E-state index in [1.165, 1.54) is 12.1 Å². The molecule has 8 heteroatoms. The van der Waals surface area contributed by atoms with Crippen LogP contribution in [0.1, 0.15) is 39.0 Å². The van der Waals surface area contributed by atoms with Crippen LogP contribution < -0.4 is 4.90 Å². The first kappa shape index (κ1) is 21.9. The number of anilines is 1. The number of rotatable bonds is 5. The number of piperidine rings is 2. The van der Waals surface area contributed by atoms with Gasteiger partial charge in [0.2, 0.25) is 0 Å². The van der Waals surface area contributed by atoms with Gasteiger partial charge in [0.25, 0.3) is 0 Å². The molecule has 0 saturated carbocycles. The van der Waals surface area contributed by atoms with E-state index >= 15 is 0 Å². The standard InChI is InChI=1S/C23H34N4O4/c1-2-30-21(28)17-31-20-5-12-25(13-6-20)22(29)26-14-7-23(8-15-26)9-16-27(18-23)19-3-10-24-11-4-19/h3-4,10-11,20H,2,5-9,12-18H2,1H3. The lowest BCUT2D eigenvalue weighted by atomic mass is 9.78. The normalized spacial score (nSPS) is 21.5. The van der Waals surface area contributed by atoms with Crippen molar-refractivity contribution in [1.82, 2.24) is 14.8 Å². The monoisotopic (exact) mass is 430 g/mol. The maximum Gasteiger partial charge on any atom is 0.332 e. The highest BCUT2D eigenvalue weighted by atomic mass is 16.6. The molecule has 0 radical (unpaired) electrons. The van der Waals surface area contributed by atoms with E-state index in [9.17, 15) is 9.59 Å². The van der Waals surface area contributed by atoms with Gasteiger partial charge < -0.3 is 24.2 Å². The molecule has 0 N–H and O–H groups in total. The summed E-state index contributed by atoms with van der Waals surface area (Å²) in [6, 6.07) is 4.32. The van der Waals surface area contributed by atoms with Crippen LogP contribution >= 0.6 is 0 Å². The first-order valence-electron chi connectivity index (χ1n) is 11.5. The molecule has 3 fully saturated rings. The fraction of sp³-hybridized carbons (Fsp3) is 0.696. The molecule has 3 aliphatic rings. The number of pyridine rings is 1. The van der Waals surface area contributed by atoms with E-state index in [1.807, 2.05) is 22.2 Å². The van der Waals surface area contributed by atoms with Crippen LogP contribution in [0.15, 0.2) is 24.5 Å². The summed E-state index contributed by atoms with van der Waals surface area (Å²) in [5, 5.41) is 0. The maximum absolute atomic E-state index is 13.0. The molecule has 0 aromatic carbocycles. The molecule has 0 bridgehead atoms. The van der Waals surface area contributed by atoms with Gasteiger partial charge in [-0.25, -0.2) is 9.59 Å². The van der Waals surface area contributed by atoms with Crippen molar-refractivity contribution in [3.8, 4) is 0 Å². The predicted octanol–water partition coefficient (Wildman–Crippen LogP) is 2.54. The zero-order valence-corrected chi connectivity index (χ0v) is 18.5. The van der Waals surface area contributed by atoms with Crippen molar-refractivity contribution in [2.45, 2.75) is 45.1 Å².